The number of esters is 1. The summed E-state index contributed by atoms with van der Waals surface area (Å²) in [5.41, 5.74) is 0. The summed E-state index contributed by atoms with van der Waals surface area (Å²) in [5.74, 6) is 0.187. The van der Waals surface area contributed by atoms with E-state index in [0.29, 0.717) is 0 Å². The Balaban J connectivity index is 2.19. The van der Waals surface area contributed by atoms with Crippen LogP contribution in [0.5, 0.6) is 0 Å². The van der Waals surface area contributed by atoms with E-state index in [2.05, 4.69) is 0 Å². The maximum Gasteiger partial charge on any atom is 0.316 e. The minimum absolute atomic E-state index is 0.0243. The third-order valence-electron chi connectivity index (χ3n) is 2.62. The lowest BCUT2D eigenvalue weighted by atomic mass is 9.81. The molecule has 2 aliphatic rings. The van der Waals surface area contributed by atoms with Crippen LogP contribution >= 0.6 is 0 Å². The Bertz CT molecular complexity index is 190. The van der Waals surface area contributed by atoms with E-state index in [4.69, 9.17) is 10.1 Å². The first kappa shape index (κ1) is 6.83. The van der Waals surface area contributed by atoms with Gasteiger partial charge in [-0.3, -0.25) is 10.2 Å². The molecular weight excluding hydrogens is 142 g/mol. The molecule has 1 aliphatic heterocycles. The number of rotatable bonds is 0. The molecule has 0 spiro atoms. The monoisotopic (exact) mass is 153 g/mol. The van der Waals surface area contributed by atoms with E-state index in [1.807, 2.05) is 0 Å². The highest BCUT2D eigenvalue weighted by Gasteiger charge is 2.42. The van der Waals surface area contributed by atoms with Crippen molar-refractivity contribution < 1.29 is 9.53 Å². The first-order valence-corrected chi connectivity index (χ1v) is 4.09. The molecule has 1 heterocycles. The SMILES string of the molecule is N=C1OC(=O)C2CCCCC12. The summed E-state index contributed by atoms with van der Waals surface area (Å²) in [4.78, 5) is 11.1. The fourth-order valence-electron chi connectivity index (χ4n) is 1.99. The van der Waals surface area contributed by atoms with Gasteiger partial charge in [-0.15, -0.1) is 0 Å². The van der Waals surface area contributed by atoms with Crippen LogP contribution in [0.3, 0.4) is 0 Å². The Morgan fingerprint density at radius 3 is 2.55 bits per heavy atom. The average Bonchev–Trinajstić information content (AvgIpc) is 2.30. The molecule has 0 bridgehead atoms. The number of fused-ring (bicyclic) bond motifs is 1. The van der Waals surface area contributed by atoms with Crippen molar-refractivity contribution in [3.63, 3.8) is 0 Å². The molecule has 0 radical (unpaired) electrons. The lowest BCUT2D eigenvalue weighted by molar-refractivity contribution is -0.137. The Kier molecular flexibility index (Phi) is 1.44. The zero-order valence-corrected chi connectivity index (χ0v) is 6.30. The van der Waals surface area contributed by atoms with Gasteiger partial charge >= 0.3 is 5.97 Å². The van der Waals surface area contributed by atoms with Crippen LogP contribution in [0.25, 0.3) is 0 Å². The van der Waals surface area contributed by atoms with Crippen molar-refractivity contribution >= 4 is 11.9 Å². The third-order valence-corrected chi connectivity index (χ3v) is 2.62. The number of ether oxygens (including phenoxy) is 1. The second-order valence-electron chi connectivity index (χ2n) is 3.28. The van der Waals surface area contributed by atoms with Gasteiger partial charge in [-0.1, -0.05) is 12.8 Å². The maximum absolute atomic E-state index is 11.1. The molecule has 2 fully saturated rings. The van der Waals surface area contributed by atoms with Crippen molar-refractivity contribution in [2.75, 3.05) is 0 Å². The molecule has 2 atom stereocenters. The smallest absolute Gasteiger partial charge is 0.316 e. The summed E-state index contributed by atoms with van der Waals surface area (Å²) >= 11 is 0. The van der Waals surface area contributed by atoms with E-state index in [1.165, 1.54) is 0 Å². The van der Waals surface area contributed by atoms with Crippen molar-refractivity contribution in [1.82, 2.24) is 0 Å². The van der Waals surface area contributed by atoms with Gasteiger partial charge in [0.25, 0.3) is 0 Å². The van der Waals surface area contributed by atoms with Gasteiger partial charge in [0.05, 0.1) is 5.92 Å². The van der Waals surface area contributed by atoms with Gasteiger partial charge in [0.15, 0.2) is 5.90 Å². The summed E-state index contributed by atoms with van der Waals surface area (Å²) < 4.78 is 4.75. The van der Waals surface area contributed by atoms with Crippen LogP contribution in [0.4, 0.5) is 0 Å². The maximum atomic E-state index is 11.1. The number of hydrogen-bond donors (Lipinski definition) is 1. The van der Waals surface area contributed by atoms with Crippen molar-refractivity contribution in [3.05, 3.63) is 0 Å². The zero-order valence-electron chi connectivity index (χ0n) is 6.30. The van der Waals surface area contributed by atoms with E-state index in [0.717, 1.165) is 25.7 Å². The molecule has 1 aliphatic carbocycles. The van der Waals surface area contributed by atoms with E-state index >= 15 is 0 Å². The number of carbonyl (C=O) groups is 1. The summed E-state index contributed by atoms with van der Waals surface area (Å²) in [6.07, 6.45) is 4.14. The van der Waals surface area contributed by atoms with Crippen molar-refractivity contribution in [2.45, 2.75) is 25.7 Å². The predicted molar refractivity (Wildman–Crippen MR) is 39.3 cm³/mol. The standard InChI is InChI=1S/C8H11NO2/c9-7-5-3-1-2-4-6(5)8(10)11-7/h5-6,9H,1-4H2. The van der Waals surface area contributed by atoms with Crippen LogP contribution in [0.2, 0.25) is 0 Å². The minimum atomic E-state index is -0.167. The molecule has 1 saturated carbocycles. The summed E-state index contributed by atoms with van der Waals surface area (Å²) in [6, 6.07) is 0. The first-order chi connectivity index (χ1) is 5.29. The molecule has 11 heavy (non-hydrogen) atoms. The number of carbonyl (C=O) groups excluding carboxylic acids is 1. The molecule has 3 nitrogen and oxygen atoms in total. The van der Waals surface area contributed by atoms with Gasteiger partial charge in [-0.25, -0.2) is 0 Å². The summed E-state index contributed by atoms with van der Waals surface area (Å²) in [5, 5.41) is 7.36. The largest absolute Gasteiger partial charge is 0.412 e. The van der Waals surface area contributed by atoms with Crippen molar-refractivity contribution in [3.8, 4) is 0 Å². The normalized spacial score (nSPS) is 36.7. The van der Waals surface area contributed by atoms with E-state index in [-0.39, 0.29) is 23.7 Å². The van der Waals surface area contributed by atoms with Crippen molar-refractivity contribution in [2.24, 2.45) is 11.8 Å². The van der Waals surface area contributed by atoms with Gasteiger partial charge in [-0.2, -0.15) is 0 Å². The molecule has 60 valence electrons. The molecule has 0 amide bonds. The molecule has 1 N–H and O–H groups in total. The summed E-state index contributed by atoms with van der Waals surface area (Å²) in [7, 11) is 0. The lowest BCUT2D eigenvalue weighted by Gasteiger charge is -2.19. The second kappa shape index (κ2) is 2.32. The van der Waals surface area contributed by atoms with Crippen LogP contribution in [0.15, 0.2) is 0 Å². The summed E-state index contributed by atoms with van der Waals surface area (Å²) in [6.45, 7) is 0. The minimum Gasteiger partial charge on any atom is -0.412 e. The molecule has 2 rings (SSSR count). The molecule has 2 unspecified atom stereocenters. The molecular formula is C8H11NO2. The zero-order chi connectivity index (χ0) is 7.84. The van der Waals surface area contributed by atoms with Gasteiger partial charge in [0.1, 0.15) is 0 Å². The second-order valence-corrected chi connectivity index (χ2v) is 3.28. The average molecular weight is 153 g/mol. The van der Waals surface area contributed by atoms with Gasteiger partial charge < -0.3 is 4.74 Å². The Morgan fingerprint density at radius 1 is 1.27 bits per heavy atom. The van der Waals surface area contributed by atoms with Gasteiger partial charge in [-0.05, 0) is 12.8 Å². The third kappa shape index (κ3) is 0.951. The van der Waals surface area contributed by atoms with E-state index in [9.17, 15) is 4.79 Å². The first-order valence-electron chi connectivity index (χ1n) is 4.09. The Labute approximate surface area is 65.2 Å². The number of nitrogens with one attached hydrogen (secondary N) is 1. The van der Waals surface area contributed by atoms with Crippen LogP contribution in [0, 0.1) is 17.2 Å². The van der Waals surface area contributed by atoms with E-state index in [1.54, 1.807) is 0 Å². The quantitative estimate of drug-likeness (QED) is 0.534. The molecule has 0 aromatic heterocycles. The topological polar surface area (TPSA) is 50.1 Å². The van der Waals surface area contributed by atoms with E-state index < -0.39 is 0 Å². The molecule has 1 saturated heterocycles. The van der Waals surface area contributed by atoms with Crippen LogP contribution in [-0.4, -0.2) is 11.9 Å². The van der Waals surface area contributed by atoms with Crippen LogP contribution < -0.4 is 0 Å². The Morgan fingerprint density at radius 2 is 1.91 bits per heavy atom. The van der Waals surface area contributed by atoms with Gasteiger partial charge in [0, 0.05) is 5.92 Å². The fourth-order valence-corrected chi connectivity index (χ4v) is 1.99. The highest BCUT2D eigenvalue weighted by Crippen LogP contribution is 2.36. The highest BCUT2D eigenvalue weighted by molar-refractivity contribution is 5.97. The molecule has 0 aromatic rings. The number of cyclic esters (lactones) is 1. The van der Waals surface area contributed by atoms with Crippen LogP contribution in [0.1, 0.15) is 25.7 Å². The Hall–Kier alpha value is -0.860. The van der Waals surface area contributed by atoms with Crippen molar-refractivity contribution in [1.29, 1.82) is 5.41 Å². The molecule has 3 heteroatoms. The molecule has 0 aromatic carbocycles. The predicted octanol–water partition coefficient (Wildman–Crippen LogP) is 1.33. The number of hydrogen-bond acceptors (Lipinski definition) is 3. The fraction of sp³-hybridized carbons (Fsp3) is 0.750. The highest BCUT2D eigenvalue weighted by atomic mass is 16.5. The van der Waals surface area contributed by atoms with Gasteiger partial charge in [0.2, 0.25) is 0 Å². The van der Waals surface area contributed by atoms with Crippen LogP contribution in [-0.2, 0) is 9.53 Å². The lowest BCUT2D eigenvalue weighted by Crippen LogP contribution is -2.21.